The average molecular weight is 494 g/mol. The van der Waals surface area contributed by atoms with Crippen molar-refractivity contribution in [2.24, 2.45) is 0 Å². The molecule has 11 heteroatoms. The van der Waals surface area contributed by atoms with Gasteiger partial charge in [-0.3, -0.25) is 4.79 Å². The van der Waals surface area contributed by atoms with E-state index in [9.17, 15) is 13.2 Å². The topological polar surface area (TPSA) is 97.8 Å². The van der Waals surface area contributed by atoms with Crippen molar-refractivity contribution in [1.29, 1.82) is 0 Å². The van der Waals surface area contributed by atoms with E-state index >= 15 is 0 Å². The number of hydrogen-bond acceptors (Lipinski definition) is 7. The zero-order chi connectivity index (χ0) is 22.9. The van der Waals surface area contributed by atoms with Crippen LogP contribution in [-0.4, -0.2) is 50.4 Å². The molecule has 0 radical (unpaired) electrons. The lowest BCUT2D eigenvalue weighted by atomic mass is 10.1. The highest BCUT2D eigenvalue weighted by Gasteiger charge is 2.26. The van der Waals surface area contributed by atoms with Crippen LogP contribution in [0.4, 0.5) is 5.13 Å². The van der Waals surface area contributed by atoms with Crippen molar-refractivity contribution in [3.8, 4) is 22.8 Å². The van der Waals surface area contributed by atoms with Crippen LogP contribution < -0.4 is 14.8 Å². The predicted molar refractivity (Wildman–Crippen MR) is 123 cm³/mol. The number of nitrogens with zero attached hydrogens (tertiary/aromatic N) is 2. The van der Waals surface area contributed by atoms with Gasteiger partial charge in [0.1, 0.15) is 13.2 Å². The molecule has 1 aliphatic rings. The number of carbonyl (C=O) groups is 1. The molecule has 1 amide bonds. The van der Waals surface area contributed by atoms with Crippen molar-refractivity contribution in [2.45, 2.75) is 11.8 Å². The highest BCUT2D eigenvalue weighted by molar-refractivity contribution is 7.89. The Hall–Kier alpha value is -2.66. The molecule has 3 aromatic rings. The molecule has 0 spiro atoms. The molecule has 168 valence electrons. The molecule has 0 unspecified atom stereocenters. The van der Waals surface area contributed by atoms with E-state index in [0.717, 1.165) is 20.4 Å². The van der Waals surface area contributed by atoms with E-state index in [1.54, 1.807) is 18.2 Å². The third kappa shape index (κ3) is 4.73. The van der Waals surface area contributed by atoms with Crippen LogP contribution in [0.15, 0.2) is 47.4 Å². The number of carbonyl (C=O) groups excluding carboxylic acids is 1. The SMILES string of the molecule is Cc1sc(NC(=O)CN(C)S(=O)(=O)c2ccc3c(c2)OCCO3)nc1-c1ccc(Cl)cc1. The molecule has 4 rings (SSSR count). The Morgan fingerprint density at radius 3 is 2.56 bits per heavy atom. The summed E-state index contributed by atoms with van der Waals surface area (Å²) in [6, 6.07) is 11.6. The zero-order valence-electron chi connectivity index (χ0n) is 17.3. The van der Waals surface area contributed by atoms with E-state index in [-0.39, 0.29) is 11.4 Å². The molecule has 8 nitrogen and oxygen atoms in total. The zero-order valence-corrected chi connectivity index (χ0v) is 19.7. The molecule has 0 atom stereocenters. The first-order valence-corrected chi connectivity index (χ1v) is 12.3. The number of thiazole rings is 1. The van der Waals surface area contributed by atoms with Crippen molar-refractivity contribution < 1.29 is 22.7 Å². The Morgan fingerprint density at radius 2 is 1.84 bits per heavy atom. The molecule has 0 saturated carbocycles. The van der Waals surface area contributed by atoms with Gasteiger partial charge in [-0.1, -0.05) is 23.7 Å². The first-order valence-electron chi connectivity index (χ1n) is 9.63. The van der Waals surface area contributed by atoms with Gasteiger partial charge in [0, 0.05) is 28.6 Å². The van der Waals surface area contributed by atoms with E-state index in [4.69, 9.17) is 21.1 Å². The van der Waals surface area contributed by atoms with Crippen molar-refractivity contribution in [3.05, 3.63) is 52.4 Å². The summed E-state index contributed by atoms with van der Waals surface area (Å²) in [5.41, 5.74) is 1.61. The maximum absolute atomic E-state index is 12.9. The molecule has 2 aromatic carbocycles. The average Bonchev–Trinajstić information content (AvgIpc) is 3.13. The summed E-state index contributed by atoms with van der Waals surface area (Å²) in [4.78, 5) is 17.9. The standard InChI is InChI=1S/C21H20ClN3O5S2/c1-13-20(14-3-5-15(22)6-4-14)24-21(31-13)23-19(26)12-25(2)32(27,28)16-7-8-17-18(11-16)30-10-9-29-17/h3-8,11H,9-10,12H2,1-2H3,(H,23,24,26). The third-order valence-corrected chi connectivity index (χ3v) is 7.69. The maximum atomic E-state index is 12.9. The van der Waals surface area contributed by atoms with Crippen LogP contribution in [0.25, 0.3) is 11.3 Å². The molecule has 0 aliphatic carbocycles. The minimum atomic E-state index is -3.90. The Morgan fingerprint density at radius 1 is 1.16 bits per heavy atom. The highest BCUT2D eigenvalue weighted by Crippen LogP contribution is 2.33. The number of aromatic nitrogens is 1. The van der Waals surface area contributed by atoms with Crippen LogP contribution in [0.1, 0.15) is 4.88 Å². The second kappa shape index (κ2) is 9.07. The molecule has 0 saturated heterocycles. The van der Waals surface area contributed by atoms with E-state index in [1.165, 1.54) is 30.5 Å². The number of aryl methyl sites for hydroxylation is 1. The van der Waals surface area contributed by atoms with Gasteiger partial charge in [0.15, 0.2) is 16.6 Å². The van der Waals surface area contributed by atoms with Crippen LogP contribution in [0.5, 0.6) is 11.5 Å². The van der Waals surface area contributed by atoms with E-state index in [0.29, 0.717) is 34.9 Å². The monoisotopic (exact) mass is 493 g/mol. The molecule has 1 aromatic heterocycles. The fourth-order valence-electron chi connectivity index (χ4n) is 3.14. The summed E-state index contributed by atoms with van der Waals surface area (Å²) >= 11 is 7.25. The predicted octanol–water partition coefficient (Wildman–Crippen LogP) is 3.80. The summed E-state index contributed by atoms with van der Waals surface area (Å²) in [5, 5.41) is 3.69. The molecule has 2 heterocycles. The number of rotatable bonds is 6. The van der Waals surface area contributed by atoms with Crippen LogP contribution in [0, 0.1) is 6.92 Å². The second-order valence-electron chi connectivity index (χ2n) is 7.05. The van der Waals surface area contributed by atoms with Crippen molar-refractivity contribution >= 4 is 44.0 Å². The van der Waals surface area contributed by atoms with Gasteiger partial charge in [-0.15, -0.1) is 11.3 Å². The van der Waals surface area contributed by atoms with Crippen molar-refractivity contribution in [3.63, 3.8) is 0 Å². The number of sulfonamides is 1. The van der Waals surface area contributed by atoms with Crippen LogP contribution in [-0.2, 0) is 14.8 Å². The molecule has 1 aliphatic heterocycles. The Bertz CT molecular complexity index is 1260. The first-order chi connectivity index (χ1) is 15.2. The Kier molecular flexibility index (Phi) is 6.38. The summed E-state index contributed by atoms with van der Waals surface area (Å²) in [6.07, 6.45) is 0. The smallest absolute Gasteiger partial charge is 0.243 e. The number of fused-ring (bicyclic) bond motifs is 1. The minimum absolute atomic E-state index is 0.0205. The van der Waals surface area contributed by atoms with Gasteiger partial charge in [-0.25, -0.2) is 13.4 Å². The van der Waals surface area contributed by atoms with Crippen molar-refractivity contribution in [2.75, 3.05) is 32.1 Å². The number of ether oxygens (including phenoxy) is 2. The molecule has 32 heavy (non-hydrogen) atoms. The van der Waals surface area contributed by atoms with Gasteiger partial charge in [0.25, 0.3) is 0 Å². The Labute approximate surface area is 194 Å². The fourth-order valence-corrected chi connectivity index (χ4v) is 5.26. The number of nitrogens with one attached hydrogen (secondary N) is 1. The second-order valence-corrected chi connectivity index (χ2v) is 10.7. The maximum Gasteiger partial charge on any atom is 0.243 e. The minimum Gasteiger partial charge on any atom is -0.486 e. The summed E-state index contributed by atoms with van der Waals surface area (Å²) in [7, 11) is -2.56. The molecular formula is C21H20ClN3O5S2. The molecule has 0 fully saturated rings. The largest absolute Gasteiger partial charge is 0.486 e. The van der Waals surface area contributed by atoms with Gasteiger partial charge in [0.05, 0.1) is 17.1 Å². The fraction of sp³-hybridized carbons (Fsp3) is 0.238. The third-order valence-electron chi connectivity index (χ3n) is 4.75. The van der Waals surface area contributed by atoms with Crippen LogP contribution in [0.3, 0.4) is 0 Å². The van der Waals surface area contributed by atoms with Gasteiger partial charge in [-0.05, 0) is 31.2 Å². The summed E-state index contributed by atoms with van der Waals surface area (Å²) in [6.45, 7) is 2.29. The normalized spacial score (nSPS) is 13.2. The van der Waals surface area contributed by atoms with Gasteiger partial charge in [-0.2, -0.15) is 4.31 Å². The van der Waals surface area contributed by atoms with Crippen molar-refractivity contribution in [1.82, 2.24) is 9.29 Å². The van der Waals surface area contributed by atoms with Gasteiger partial charge in [0.2, 0.25) is 15.9 Å². The quantitative estimate of drug-likeness (QED) is 0.561. The first kappa shape index (κ1) is 22.5. The number of hydrogen-bond donors (Lipinski definition) is 1. The lowest BCUT2D eigenvalue weighted by molar-refractivity contribution is -0.116. The molecule has 1 N–H and O–H groups in total. The summed E-state index contributed by atoms with van der Waals surface area (Å²) in [5.74, 6) is 0.361. The number of halogens is 1. The molecule has 0 bridgehead atoms. The van der Waals surface area contributed by atoms with Gasteiger partial charge >= 0.3 is 0 Å². The summed E-state index contributed by atoms with van der Waals surface area (Å²) < 4.78 is 37.7. The Balaban J connectivity index is 1.45. The number of anilines is 1. The van der Waals surface area contributed by atoms with E-state index in [1.807, 2.05) is 19.1 Å². The number of likely N-dealkylation sites (N-methyl/N-ethyl adjacent to an activating group) is 1. The number of benzene rings is 2. The van der Waals surface area contributed by atoms with Crippen LogP contribution >= 0.6 is 22.9 Å². The van der Waals surface area contributed by atoms with Crippen LogP contribution in [0.2, 0.25) is 5.02 Å². The lowest BCUT2D eigenvalue weighted by Crippen LogP contribution is -2.35. The number of amides is 1. The lowest BCUT2D eigenvalue weighted by Gasteiger charge is -2.21. The molecular weight excluding hydrogens is 474 g/mol. The highest BCUT2D eigenvalue weighted by atomic mass is 35.5. The van der Waals surface area contributed by atoms with E-state index < -0.39 is 15.9 Å². The van der Waals surface area contributed by atoms with Gasteiger partial charge < -0.3 is 14.8 Å². The van der Waals surface area contributed by atoms with E-state index in [2.05, 4.69) is 10.3 Å².